The van der Waals surface area contributed by atoms with Crippen LogP contribution in [0.5, 0.6) is 0 Å². The minimum atomic E-state index is -0.717. The van der Waals surface area contributed by atoms with Crippen LogP contribution >= 0.6 is 0 Å². The zero-order chi connectivity index (χ0) is 30.5. The molecule has 0 unspecified atom stereocenters. The Hall–Kier alpha value is -5.24. The van der Waals surface area contributed by atoms with E-state index in [1.807, 2.05) is 85.8 Å². The second kappa shape index (κ2) is 12.7. The van der Waals surface area contributed by atoms with E-state index in [1.54, 1.807) is 6.07 Å². The Kier molecular flexibility index (Phi) is 8.66. The molecule has 1 N–H and O–H groups in total. The van der Waals surface area contributed by atoms with Crippen molar-refractivity contribution in [2.45, 2.75) is 45.9 Å². The number of amides is 1. The smallest absolute Gasteiger partial charge is 0.344 e. The van der Waals surface area contributed by atoms with Gasteiger partial charge in [-0.1, -0.05) is 98.8 Å². The van der Waals surface area contributed by atoms with Gasteiger partial charge in [0.25, 0.3) is 5.56 Å². The van der Waals surface area contributed by atoms with Gasteiger partial charge in [0.2, 0.25) is 0 Å². The summed E-state index contributed by atoms with van der Waals surface area (Å²) in [4.78, 5) is 52.7. The van der Waals surface area contributed by atoms with Gasteiger partial charge < -0.3 is 14.8 Å². The lowest BCUT2D eigenvalue weighted by Gasteiger charge is -2.19. The molecule has 0 bridgehead atoms. The molecule has 8 nitrogen and oxygen atoms in total. The first-order chi connectivity index (χ1) is 20.8. The van der Waals surface area contributed by atoms with Crippen molar-refractivity contribution >= 4 is 29.2 Å². The van der Waals surface area contributed by atoms with E-state index in [2.05, 4.69) is 19.2 Å². The van der Waals surface area contributed by atoms with Crippen molar-refractivity contribution in [1.29, 1.82) is 0 Å². The summed E-state index contributed by atoms with van der Waals surface area (Å²) in [6.07, 6.45) is -0.134. The van der Waals surface area contributed by atoms with E-state index in [-0.39, 0.29) is 35.5 Å². The van der Waals surface area contributed by atoms with Crippen LogP contribution in [0, 0.1) is 6.92 Å². The van der Waals surface area contributed by atoms with Crippen LogP contribution < -0.4 is 10.9 Å². The number of aldehydes is 1. The van der Waals surface area contributed by atoms with E-state index in [4.69, 9.17) is 4.74 Å². The van der Waals surface area contributed by atoms with Crippen LogP contribution in [0.4, 0.5) is 4.79 Å². The number of para-hydroxylation sites is 1. The standard InChI is InChI=1S/C35H33N3O5/c1-23(2)27-17-10-12-24(3)30(27)22-36-35(42)38-33(40)28-18-11-19-29(31(28)37(38)20-21-39)34(41)43-32(25-13-6-4-7-14-25)26-15-8-5-9-16-26/h4-19,21,23,32H,20,22H2,1-3H3,(H,36,42). The maximum absolute atomic E-state index is 13.8. The van der Waals surface area contributed by atoms with Crippen molar-refractivity contribution < 1.29 is 19.1 Å². The molecule has 0 aliphatic carbocycles. The number of aromatic nitrogens is 2. The Morgan fingerprint density at radius 1 is 0.860 bits per heavy atom. The fourth-order valence-electron chi connectivity index (χ4n) is 5.43. The number of benzene rings is 4. The predicted octanol–water partition coefficient (Wildman–Crippen LogP) is 6.14. The zero-order valence-corrected chi connectivity index (χ0v) is 24.3. The number of ether oxygens (including phenoxy) is 1. The number of nitrogens with zero attached hydrogens (tertiary/aromatic N) is 2. The molecule has 5 aromatic rings. The third kappa shape index (κ3) is 5.90. The molecule has 0 spiro atoms. The van der Waals surface area contributed by atoms with Gasteiger partial charge in [0.15, 0.2) is 6.10 Å². The van der Waals surface area contributed by atoms with Crippen molar-refractivity contribution in [2.75, 3.05) is 0 Å². The Bertz CT molecular complexity index is 1800. The molecular formula is C35H33N3O5. The molecule has 8 heteroatoms. The van der Waals surface area contributed by atoms with Gasteiger partial charge in [-0.25, -0.2) is 9.59 Å². The summed E-state index contributed by atoms with van der Waals surface area (Å²) >= 11 is 0. The Labute approximate surface area is 249 Å². The minimum Gasteiger partial charge on any atom is -0.449 e. The molecule has 0 aliphatic heterocycles. The van der Waals surface area contributed by atoms with E-state index >= 15 is 0 Å². The Morgan fingerprint density at radius 3 is 2.09 bits per heavy atom. The van der Waals surface area contributed by atoms with Gasteiger partial charge in [-0.05, 0) is 52.8 Å². The summed E-state index contributed by atoms with van der Waals surface area (Å²) in [5.74, 6) is -0.456. The highest BCUT2D eigenvalue weighted by Crippen LogP contribution is 2.29. The normalized spacial score (nSPS) is 11.2. The third-order valence-electron chi connectivity index (χ3n) is 7.53. The molecule has 1 heterocycles. The summed E-state index contributed by atoms with van der Waals surface area (Å²) in [5.41, 5.74) is 4.21. The average molecular weight is 576 g/mol. The molecule has 4 aromatic carbocycles. The van der Waals surface area contributed by atoms with E-state index in [0.717, 1.165) is 32.5 Å². The first-order valence-electron chi connectivity index (χ1n) is 14.2. The van der Waals surface area contributed by atoms with Gasteiger partial charge in [0, 0.05) is 6.54 Å². The van der Waals surface area contributed by atoms with E-state index in [0.29, 0.717) is 6.29 Å². The van der Waals surface area contributed by atoms with Crippen molar-refractivity contribution in [1.82, 2.24) is 14.7 Å². The summed E-state index contributed by atoms with van der Waals surface area (Å²) in [6, 6.07) is 28.6. The number of carbonyl (C=O) groups is 3. The predicted molar refractivity (Wildman–Crippen MR) is 165 cm³/mol. The van der Waals surface area contributed by atoms with Crippen LogP contribution in [0.2, 0.25) is 0 Å². The van der Waals surface area contributed by atoms with Gasteiger partial charge in [-0.15, -0.1) is 0 Å². The molecule has 218 valence electrons. The van der Waals surface area contributed by atoms with Crippen LogP contribution in [-0.4, -0.2) is 27.7 Å². The fraction of sp³-hybridized carbons (Fsp3) is 0.200. The molecule has 0 fully saturated rings. The Balaban J connectivity index is 1.53. The van der Waals surface area contributed by atoms with Crippen LogP contribution in [0.1, 0.15) is 64.0 Å². The molecule has 0 saturated heterocycles. The maximum atomic E-state index is 13.8. The minimum absolute atomic E-state index is 0.0702. The van der Waals surface area contributed by atoms with Crippen molar-refractivity contribution in [3.8, 4) is 0 Å². The zero-order valence-electron chi connectivity index (χ0n) is 24.3. The van der Waals surface area contributed by atoms with Crippen LogP contribution in [0.15, 0.2) is 102 Å². The second-order valence-corrected chi connectivity index (χ2v) is 10.6. The van der Waals surface area contributed by atoms with Gasteiger partial charge in [-0.2, -0.15) is 4.68 Å². The van der Waals surface area contributed by atoms with E-state index < -0.39 is 23.7 Å². The summed E-state index contributed by atoms with van der Waals surface area (Å²) in [7, 11) is 0. The quantitative estimate of drug-likeness (QED) is 0.168. The topological polar surface area (TPSA) is 99.4 Å². The van der Waals surface area contributed by atoms with Gasteiger partial charge in [0.1, 0.15) is 6.29 Å². The number of hydrogen-bond acceptors (Lipinski definition) is 5. The van der Waals surface area contributed by atoms with E-state index in [9.17, 15) is 19.2 Å². The monoisotopic (exact) mass is 575 g/mol. The van der Waals surface area contributed by atoms with Crippen molar-refractivity contribution in [3.63, 3.8) is 0 Å². The lowest BCUT2D eigenvalue weighted by atomic mass is 9.94. The summed E-state index contributed by atoms with van der Waals surface area (Å²) in [6.45, 7) is 6.00. The third-order valence-corrected chi connectivity index (χ3v) is 7.53. The SMILES string of the molecule is Cc1cccc(C(C)C)c1CNC(=O)n1c(=O)c2cccc(C(=O)OC(c3ccccc3)c3ccccc3)c2n1CC=O. The van der Waals surface area contributed by atoms with Crippen molar-refractivity contribution in [3.05, 3.63) is 141 Å². The molecule has 0 atom stereocenters. The van der Waals surface area contributed by atoms with Crippen LogP contribution in [-0.2, 0) is 22.6 Å². The molecule has 0 saturated carbocycles. The summed E-state index contributed by atoms with van der Waals surface area (Å²) < 4.78 is 8.18. The number of fused-ring (bicyclic) bond motifs is 1. The van der Waals surface area contributed by atoms with Crippen molar-refractivity contribution in [2.24, 2.45) is 0 Å². The highest BCUT2D eigenvalue weighted by molar-refractivity contribution is 6.04. The van der Waals surface area contributed by atoms with Crippen LogP contribution in [0.25, 0.3) is 10.9 Å². The van der Waals surface area contributed by atoms with Gasteiger partial charge in [-0.3, -0.25) is 9.48 Å². The molecule has 5 rings (SSSR count). The summed E-state index contributed by atoms with van der Waals surface area (Å²) in [5, 5.41) is 2.97. The highest BCUT2D eigenvalue weighted by atomic mass is 16.5. The number of rotatable bonds is 9. The molecule has 0 radical (unpaired) electrons. The second-order valence-electron chi connectivity index (χ2n) is 10.6. The Morgan fingerprint density at radius 2 is 1.49 bits per heavy atom. The lowest BCUT2D eigenvalue weighted by molar-refractivity contribution is -0.108. The first kappa shape index (κ1) is 29.3. The largest absolute Gasteiger partial charge is 0.449 e. The molecular weight excluding hydrogens is 542 g/mol. The number of esters is 1. The number of aryl methyl sites for hydroxylation is 1. The lowest BCUT2D eigenvalue weighted by Crippen LogP contribution is -2.38. The van der Waals surface area contributed by atoms with Gasteiger partial charge >= 0.3 is 12.0 Å². The maximum Gasteiger partial charge on any atom is 0.344 e. The molecule has 1 amide bonds. The molecule has 1 aromatic heterocycles. The number of nitrogens with one attached hydrogen (secondary N) is 1. The molecule has 0 aliphatic rings. The van der Waals surface area contributed by atoms with Gasteiger partial charge in [0.05, 0.1) is 23.0 Å². The van der Waals surface area contributed by atoms with Crippen LogP contribution in [0.3, 0.4) is 0 Å². The van der Waals surface area contributed by atoms with E-state index in [1.165, 1.54) is 16.8 Å². The molecule has 43 heavy (non-hydrogen) atoms. The highest BCUT2D eigenvalue weighted by Gasteiger charge is 2.26. The number of hydrogen-bond donors (Lipinski definition) is 1. The first-order valence-corrected chi connectivity index (χ1v) is 14.2. The fourth-order valence-corrected chi connectivity index (χ4v) is 5.43. The number of carbonyl (C=O) groups excluding carboxylic acids is 3. The average Bonchev–Trinajstić information content (AvgIpc) is 3.31.